The molecule has 23 heteroatoms. The monoisotopic (exact) mass is 772 g/mol. The normalized spacial score (nSPS) is 15.9. The molecule has 0 aromatic rings. The third-order valence-corrected chi connectivity index (χ3v) is 8.20. The fourth-order valence-electron chi connectivity index (χ4n) is 5.13. The maximum Gasteiger partial charge on any atom is 0.322 e. The second-order valence-electron chi connectivity index (χ2n) is 12.4. The number of hydrogen-bond acceptors (Lipinski definition) is 12. The number of carboxylic acid groups (broad SMARTS) is 1. The highest BCUT2D eigenvalue weighted by molar-refractivity contribution is 7.80. The molecular weight excluding hydrogens is 720 g/mol. The number of nitrogens with one attached hydrogen (secondary N) is 6. The number of nitrogens with two attached hydrogens (primary N) is 4. The first-order valence-corrected chi connectivity index (χ1v) is 17.5. The minimum Gasteiger partial charge on any atom is -0.480 e. The largest absolute Gasteiger partial charge is 0.480 e. The molecule has 1 fully saturated rings. The van der Waals surface area contributed by atoms with Crippen molar-refractivity contribution < 1.29 is 48.3 Å². The van der Waals surface area contributed by atoms with E-state index in [0.29, 0.717) is 12.8 Å². The van der Waals surface area contributed by atoms with Crippen LogP contribution in [0.3, 0.4) is 0 Å². The average Bonchev–Trinajstić information content (AvgIpc) is 3.59. The molecule has 5 atom stereocenters. The van der Waals surface area contributed by atoms with E-state index in [2.05, 4.69) is 49.5 Å². The van der Waals surface area contributed by atoms with Gasteiger partial charge in [-0.15, -0.1) is 0 Å². The number of likely N-dealkylation sites (tertiary alicyclic amines) is 1. The zero-order valence-electron chi connectivity index (χ0n) is 29.7. The van der Waals surface area contributed by atoms with Crippen LogP contribution < -0.4 is 54.8 Å². The summed E-state index contributed by atoms with van der Waals surface area (Å²) in [7, 11) is 0. The van der Waals surface area contributed by atoms with Gasteiger partial charge in [0.1, 0.15) is 36.8 Å². The van der Waals surface area contributed by atoms with Gasteiger partial charge in [-0.2, -0.15) is 12.6 Å². The summed E-state index contributed by atoms with van der Waals surface area (Å²) in [5, 5.41) is 23.4. The topological polar surface area (TPSA) is 366 Å². The number of rotatable bonds is 23. The highest BCUT2D eigenvalue weighted by Crippen LogP contribution is 2.20. The van der Waals surface area contributed by atoms with Gasteiger partial charge in [-0.1, -0.05) is 13.8 Å². The molecule has 15 N–H and O–H groups in total. The number of amides is 8. The van der Waals surface area contributed by atoms with Crippen molar-refractivity contribution in [3.05, 3.63) is 0 Å². The zero-order chi connectivity index (χ0) is 40.2. The summed E-state index contributed by atoms with van der Waals surface area (Å²) in [5.74, 6) is -8.13. The third kappa shape index (κ3) is 16.8. The van der Waals surface area contributed by atoms with Gasteiger partial charge in [0.15, 0.2) is 5.96 Å². The Labute approximate surface area is 311 Å². The molecule has 298 valence electrons. The van der Waals surface area contributed by atoms with E-state index in [-0.39, 0.29) is 57.0 Å². The Kier molecular flexibility index (Phi) is 20.2. The molecule has 0 radical (unpaired) electrons. The van der Waals surface area contributed by atoms with Crippen molar-refractivity contribution in [3.63, 3.8) is 0 Å². The van der Waals surface area contributed by atoms with Crippen LogP contribution in [0.25, 0.3) is 0 Å². The summed E-state index contributed by atoms with van der Waals surface area (Å²) in [6.45, 7) is 1.88. The number of hydrogen-bond donors (Lipinski definition) is 12. The van der Waals surface area contributed by atoms with Crippen molar-refractivity contribution in [3.8, 4) is 0 Å². The van der Waals surface area contributed by atoms with Gasteiger partial charge >= 0.3 is 5.97 Å². The van der Waals surface area contributed by atoms with E-state index < -0.39 is 102 Å². The minimum atomic E-state index is -1.34. The summed E-state index contributed by atoms with van der Waals surface area (Å²) < 4.78 is 0. The van der Waals surface area contributed by atoms with E-state index >= 15 is 0 Å². The maximum atomic E-state index is 13.6. The van der Waals surface area contributed by atoms with Crippen LogP contribution in [0.1, 0.15) is 52.4 Å². The average molecular weight is 773 g/mol. The maximum absolute atomic E-state index is 13.6. The molecular formula is C30H52N12O10S. The highest BCUT2D eigenvalue weighted by atomic mass is 32.1. The van der Waals surface area contributed by atoms with Crippen molar-refractivity contribution in [2.75, 3.05) is 38.5 Å². The lowest BCUT2D eigenvalue weighted by molar-refractivity contribution is -0.143. The molecule has 0 bridgehead atoms. The minimum absolute atomic E-state index is 0.117. The predicted molar refractivity (Wildman–Crippen MR) is 192 cm³/mol. The molecule has 1 saturated heterocycles. The van der Waals surface area contributed by atoms with Gasteiger partial charge in [0.25, 0.3) is 0 Å². The Morgan fingerprint density at radius 3 is 2.06 bits per heavy atom. The van der Waals surface area contributed by atoms with Crippen LogP contribution in [0.5, 0.6) is 0 Å². The molecule has 53 heavy (non-hydrogen) atoms. The molecule has 1 aliphatic heterocycles. The highest BCUT2D eigenvalue weighted by Gasteiger charge is 2.39. The number of guanidine groups is 1. The standard InChI is InChI=1S/C30H52N12O10S/c1-15(2)24(28(51)40-17(7-8-20(32)43)29(52)42-10-4-6-19(42)27(50)37-13-23(46)47)41-26(49)18(14-53)39-22(45)12-36-25(48)16(38-21(44)11-31)5-3-9-35-30(33)34/h15-19,24,53H,3-14,31H2,1-2H3,(H2,32,43)(H,36,48)(H,37,50)(H,38,44)(H,39,45)(H,40,51)(H,41,49)(H,46,47)(H4,33,34,35)/t16-,17-,18-,19-,24-/m0/s1. The summed E-state index contributed by atoms with van der Waals surface area (Å²) in [4.78, 5) is 118. The van der Waals surface area contributed by atoms with Crippen LogP contribution >= 0.6 is 12.6 Å². The van der Waals surface area contributed by atoms with Crippen molar-refractivity contribution >= 4 is 71.8 Å². The van der Waals surface area contributed by atoms with E-state index in [9.17, 15) is 43.2 Å². The summed E-state index contributed by atoms with van der Waals surface area (Å²) >= 11 is 4.13. The number of thiol groups is 1. The van der Waals surface area contributed by atoms with E-state index in [1.165, 1.54) is 4.90 Å². The van der Waals surface area contributed by atoms with Crippen molar-refractivity contribution in [1.82, 2.24) is 36.8 Å². The molecule has 0 spiro atoms. The molecule has 0 unspecified atom stereocenters. The van der Waals surface area contributed by atoms with Crippen LogP contribution in [0, 0.1) is 5.92 Å². The summed E-state index contributed by atoms with van der Waals surface area (Å²) in [5.41, 5.74) is 21.2. The van der Waals surface area contributed by atoms with Crippen molar-refractivity contribution in [1.29, 1.82) is 0 Å². The number of carbonyl (C=O) groups is 9. The van der Waals surface area contributed by atoms with Gasteiger partial charge in [-0.3, -0.25) is 48.1 Å². The lowest BCUT2D eigenvalue weighted by atomic mass is 10.0. The van der Waals surface area contributed by atoms with E-state index in [1.807, 2.05) is 0 Å². The van der Waals surface area contributed by atoms with Gasteiger partial charge in [0.05, 0.1) is 13.1 Å². The zero-order valence-corrected chi connectivity index (χ0v) is 30.6. The number of aliphatic carboxylic acids is 1. The van der Waals surface area contributed by atoms with Gasteiger partial charge in [0.2, 0.25) is 47.3 Å². The smallest absolute Gasteiger partial charge is 0.322 e. The first-order valence-electron chi connectivity index (χ1n) is 16.8. The number of primary amides is 1. The quantitative estimate of drug-likeness (QED) is 0.0200. The number of carbonyl (C=O) groups excluding carboxylic acids is 8. The van der Waals surface area contributed by atoms with Crippen LogP contribution in [-0.2, 0) is 43.2 Å². The number of carboxylic acids is 1. The van der Waals surface area contributed by atoms with E-state index in [4.69, 9.17) is 28.0 Å². The Balaban J connectivity index is 2.97. The van der Waals surface area contributed by atoms with Gasteiger partial charge in [-0.25, -0.2) is 0 Å². The number of aliphatic imine (C=N–C) groups is 1. The molecule has 0 aliphatic carbocycles. The van der Waals surface area contributed by atoms with Gasteiger partial charge in [-0.05, 0) is 38.0 Å². The fraction of sp³-hybridized carbons (Fsp3) is 0.667. The lowest BCUT2D eigenvalue weighted by Crippen LogP contribution is -2.60. The van der Waals surface area contributed by atoms with Crippen LogP contribution in [0.15, 0.2) is 4.99 Å². The van der Waals surface area contributed by atoms with Gasteiger partial charge < -0.3 is 64.8 Å². The second kappa shape index (κ2) is 23.4. The van der Waals surface area contributed by atoms with Crippen LogP contribution in [-0.4, -0.2) is 138 Å². The van der Waals surface area contributed by atoms with Crippen molar-refractivity contribution in [2.45, 2.75) is 82.6 Å². The van der Waals surface area contributed by atoms with Crippen LogP contribution in [0.2, 0.25) is 0 Å². The SMILES string of the molecule is CC(C)[C@H](NC(=O)[C@H](CS)NC(=O)CNC(=O)[C@H](CCCN=C(N)N)NC(=O)CN)C(=O)N[C@@H](CCC(N)=O)C(=O)N1CCC[C@H]1C(=O)NCC(=O)O. The Morgan fingerprint density at radius 2 is 1.49 bits per heavy atom. The lowest BCUT2D eigenvalue weighted by Gasteiger charge is -2.30. The Morgan fingerprint density at radius 1 is 0.830 bits per heavy atom. The second-order valence-corrected chi connectivity index (χ2v) is 12.8. The fourth-order valence-corrected chi connectivity index (χ4v) is 5.39. The molecule has 0 aromatic carbocycles. The molecule has 8 amide bonds. The molecule has 1 aliphatic rings. The first kappa shape index (κ1) is 45.8. The van der Waals surface area contributed by atoms with Crippen molar-refractivity contribution in [2.24, 2.45) is 33.8 Å². The Bertz CT molecular complexity index is 1380. The summed E-state index contributed by atoms with van der Waals surface area (Å²) in [6.07, 6.45) is 0.556. The first-order chi connectivity index (χ1) is 24.9. The van der Waals surface area contributed by atoms with Gasteiger partial charge in [0, 0.05) is 25.3 Å². The van der Waals surface area contributed by atoms with E-state index in [0.717, 1.165) is 0 Å². The third-order valence-electron chi connectivity index (χ3n) is 7.83. The molecule has 1 rings (SSSR count). The molecule has 1 heterocycles. The van der Waals surface area contributed by atoms with E-state index in [1.54, 1.807) is 13.8 Å². The predicted octanol–water partition coefficient (Wildman–Crippen LogP) is -5.90. The van der Waals surface area contributed by atoms with Crippen LogP contribution in [0.4, 0.5) is 0 Å². The molecule has 0 saturated carbocycles. The summed E-state index contributed by atoms with van der Waals surface area (Å²) in [6, 6.07) is -5.96. The molecule has 22 nitrogen and oxygen atoms in total. The number of nitrogens with zero attached hydrogens (tertiary/aromatic N) is 2. The Hall–Kier alpha value is -5.19. The molecule has 0 aromatic heterocycles.